The van der Waals surface area contributed by atoms with E-state index in [1.165, 1.54) is 9.80 Å². The van der Waals surface area contributed by atoms with Crippen molar-refractivity contribution < 1.29 is 65.2 Å². The molecule has 14 nitrogen and oxygen atoms in total. The van der Waals surface area contributed by atoms with Crippen LogP contribution in [-0.2, 0) is 23.9 Å². The van der Waals surface area contributed by atoms with E-state index in [0.717, 1.165) is 58.7 Å². The Bertz CT molecular complexity index is 2610. The molecule has 9 rings (SSSR count). The number of β-amino-alcohol motifs (C(OH)–C–C–N with tert-alkyl or cyclic N) is 2. The van der Waals surface area contributed by atoms with Crippen molar-refractivity contribution in [3.8, 4) is 11.5 Å². The summed E-state index contributed by atoms with van der Waals surface area (Å²) in [5.74, 6) is -3.84. The minimum Gasteiger partial charge on any atom is -0.492 e. The van der Waals surface area contributed by atoms with Gasteiger partial charge in [-0.15, -0.1) is 0 Å². The van der Waals surface area contributed by atoms with Gasteiger partial charge in [0, 0.05) is 93.5 Å². The highest BCUT2D eigenvalue weighted by atomic mass is 35.5. The van der Waals surface area contributed by atoms with Crippen molar-refractivity contribution in [1.82, 2.24) is 19.6 Å². The first kappa shape index (κ1) is 49.3. The van der Waals surface area contributed by atoms with Crippen LogP contribution in [0, 0.1) is 0 Å². The number of aliphatic hydroxyl groups is 2. The molecular weight excluding hydrogens is 973 g/mol. The Balaban J connectivity index is 0.955. The summed E-state index contributed by atoms with van der Waals surface area (Å²) in [5.41, 5.74) is 3.06. The van der Waals surface area contributed by atoms with E-state index in [2.05, 4.69) is 0 Å². The number of carbonyl (C=O) groups is 4. The van der Waals surface area contributed by atoms with E-state index < -0.39 is 92.3 Å². The number of halogens is 8. The summed E-state index contributed by atoms with van der Waals surface area (Å²) in [6.07, 6.45) is -10.2. The Morgan fingerprint density at radius 3 is 1.19 bits per heavy atom. The first-order valence-corrected chi connectivity index (χ1v) is 23.0. The SMILES string of the molecule is NCc1ccc2c(c1)C1(CCN(C(=O)c3cc(Cl)cc(C(=O)N4C[C@@](O)(C(F)(F)F)N(C(=O)c5cc(Cl)cc(C(=O)N6CCC7(CC6)COc6ccc(CN)cc67)c5)C[C@]4(O)C(F)(F)F)c3)CC1)CO2. The molecule has 0 unspecified atom stereocenters. The summed E-state index contributed by atoms with van der Waals surface area (Å²) in [6, 6.07) is 16.8. The fourth-order valence-electron chi connectivity index (χ4n) is 10.4. The summed E-state index contributed by atoms with van der Waals surface area (Å²) in [7, 11) is 0. The van der Waals surface area contributed by atoms with Crippen LogP contribution in [0.4, 0.5) is 26.3 Å². The highest BCUT2D eigenvalue weighted by Gasteiger charge is 2.72. The predicted octanol–water partition coefficient (Wildman–Crippen LogP) is 6.14. The number of carbonyl (C=O) groups excluding carboxylic acids is 4. The van der Waals surface area contributed by atoms with Crippen molar-refractivity contribution in [2.45, 2.75) is 73.4 Å². The fourth-order valence-corrected chi connectivity index (χ4v) is 10.8. The number of nitrogens with two attached hydrogens (primary N) is 2. The molecule has 0 radical (unpaired) electrons. The second-order valence-electron chi connectivity index (χ2n) is 18.7. The van der Waals surface area contributed by atoms with Crippen LogP contribution in [0.1, 0.15) is 89.4 Å². The van der Waals surface area contributed by atoms with Gasteiger partial charge in [-0.05, 0) is 85.3 Å². The van der Waals surface area contributed by atoms with Crippen molar-refractivity contribution >= 4 is 46.8 Å². The van der Waals surface area contributed by atoms with Crippen LogP contribution in [0.3, 0.4) is 0 Å². The maximum absolute atomic E-state index is 15.2. The lowest BCUT2D eigenvalue weighted by Crippen LogP contribution is -2.80. The quantitative estimate of drug-likeness (QED) is 0.163. The van der Waals surface area contributed by atoms with E-state index in [-0.39, 0.29) is 47.4 Å². The highest BCUT2D eigenvalue weighted by Crippen LogP contribution is 2.49. The van der Waals surface area contributed by atoms with Crippen LogP contribution >= 0.6 is 23.2 Å². The van der Waals surface area contributed by atoms with Gasteiger partial charge in [0.05, 0.1) is 26.3 Å². The Morgan fingerprint density at radius 1 is 0.543 bits per heavy atom. The van der Waals surface area contributed by atoms with E-state index in [1.54, 1.807) is 0 Å². The number of likely N-dealkylation sites (tertiary alicyclic amines) is 2. The molecule has 0 saturated carbocycles. The summed E-state index contributed by atoms with van der Waals surface area (Å²) in [4.78, 5) is 57.7. The number of hydrogen-bond acceptors (Lipinski definition) is 10. The number of benzene rings is 4. The maximum atomic E-state index is 15.2. The average molecular weight is 1020 g/mol. The molecule has 372 valence electrons. The molecule has 2 spiro atoms. The number of nitrogens with zero attached hydrogens (tertiary/aromatic N) is 4. The van der Waals surface area contributed by atoms with Crippen LogP contribution in [0.5, 0.6) is 11.5 Å². The zero-order chi connectivity index (χ0) is 50.3. The lowest BCUT2D eigenvalue weighted by molar-refractivity contribution is -0.378. The monoisotopic (exact) mass is 1020 g/mol. The lowest BCUT2D eigenvalue weighted by Gasteiger charge is -2.54. The predicted molar refractivity (Wildman–Crippen MR) is 240 cm³/mol. The van der Waals surface area contributed by atoms with E-state index in [1.807, 2.05) is 36.4 Å². The first-order chi connectivity index (χ1) is 32.9. The average Bonchev–Trinajstić information content (AvgIpc) is 3.86. The number of alkyl halides is 6. The highest BCUT2D eigenvalue weighted by molar-refractivity contribution is 6.32. The Morgan fingerprint density at radius 2 is 0.871 bits per heavy atom. The third-order valence-electron chi connectivity index (χ3n) is 14.6. The molecule has 0 bridgehead atoms. The summed E-state index contributed by atoms with van der Waals surface area (Å²) in [6.45, 7) is -2.72. The maximum Gasteiger partial charge on any atom is 0.438 e. The van der Waals surface area contributed by atoms with Crippen molar-refractivity contribution in [3.63, 3.8) is 0 Å². The van der Waals surface area contributed by atoms with Gasteiger partial charge in [-0.25, -0.2) is 0 Å². The molecule has 3 saturated heterocycles. The minimum absolute atomic E-state index is 0.176. The smallest absolute Gasteiger partial charge is 0.438 e. The van der Waals surface area contributed by atoms with Gasteiger partial charge in [-0.1, -0.05) is 47.5 Å². The number of piperazine rings is 1. The van der Waals surface area contributed by atoms with Crippen LogP contribution in [0.15, 0.2) is 72.8 Å². The van der Waals surface area contributed by atoms with Crippen LogP contribution in [0.2, 0.25) is 10.0 Å². The van der Waals surface area contributed by atoms with Crippen molar-refractivity contribution in [2.75, 3.05) is 52.5 Å². The van der Waals surface area contributed by atoms with Crippen LogP contribution in [0.25, 0.3) is 0 Å². The van der Waals surface area contributed by atoms with E-state index >= 15 is 26.3 Å². The standard InChI is InChI=1S/C48H46Cl2F6N6O8/c49-33-17-29(39(63)59-9-5-43(6-10-59)25-69-37-3-1-27(21-57)13-35(37)43)15-31(19-33)41(65)61-23-46(68,48(54,55)56)62(24-45(61,67)47(51,52)53)42(66)32-16-30(18-34(50)20-32)40(64)60-11-7-44(8-12-60)26-70-38-4-2-28(22-58)14-36(38)44/h1-4,13-20,67-68H,5-12,21-26,57-58H2/t45-,46+. The van der Waals surface area contributed by atoms with Gasteiger partial charge in [-0.2, -0.15) is 26.3 Å². The van der Waals surface area contributed by atoms with Gasteiger partial charge in [-0.3, -0.25) is 29.0 Å². The molecule has 6 N–H and O–H groups in total. The second kappa shape index (κ2) is 17.6. The zero-order valence-electron chi connectivity index (χ0n) is 37.1. The third kappa shape index (κ3) is 8.28. The second-order valence-corrected chi connectivity index (χ2v) is 19.5. The first-order valence-electron chi connectivity index (χ1n) is 22.3. The van der Waals surface area contributed by atoms with Crippen LogP contribution < -0.4 is 20.9 Å². The molecule has 2 atom stereocenters. The van der Waals surface area contributed by atoms with Gasteiger partial charge in [0.15, 0.2) is 0 Å². The van der Waals surface area contributed by atoms with Crippen molar-refractivity contribution in [3.05, 3.63) is 127 Å². The molecule has 3 fully saturated rings. The van der Waals surface area contributed by atoms with Crippen molar-refractivity contribution in [2.24, 2.45) is 11.5 Å². The van der Waals surface area contributed by atoms with Crippen molar-refractivity contribution in [1.29, 1.82) is 0 Å². The van der Waals surface area contributed by atoms with Gasteiger partial charge in [0.25, 0.3) is 35.1 Å². The molecule has 22 heteroatoms. The number of hydrogen-bond donors (Lipinski definition) is 4. The Kier molecular flexibility index (Phi) is 12.4. The van der Waals surface area contributed by atoms with Gasteiger partial charge in [0.2, 0.25) is 0 Å². The summed E-state index contributed by atoms with van der Waals surface area (Å²) >= 11 is 12.6. The zero-order valence-corrected chi connectivity index (χ0v) is 38.7. The Labute approximate surface area is 406 Å². The molecular formula is C48H46Cl2F6N6O8. The molecule has 5 aliphatic rings. The number of rotatable bonds is 6. The molecule has 4 amide bonds. The molecule has 5 heterocycles. The number of piperidine rings is 2. The lowest BCUT2D eigenvalue weighted by atomic mass is 9.74. The molecule has 5 aliphatic heterocycles. The van der Waals surface area contributed by atoms with Gasteiger partial charge in [0.1, 0.15) is 11.5 Å². The third-order valence-corrected chi connectivity index (χ3v) is 15.0. The topological polar surface area (TPSA) is 192 Å². The van der Waals surface area contributed by atoms with Gasteiger partial charge < -0.3 is 41.0 Å². The summed E-state index contributed by atoms with van der Waals surface area (Å²) < 4.78 is 103. The van der Waals surface area contributed by atoms with E-state index in [9.17, 15) is 29.4 Å². The molecule has 0 aliphatic carbocycles. The summed E-state index contributed by atoms with van der Waals surface area (Å²) in [5, 5.41) is 22.2. The molecule has 0 aromatic heterocycles. The van der Waals surface area contributed by atoms with E-state index in [4.69, 9.17) is 44.1 Å². The van der Waals surface area contributed by atoms with E-state index in [0.29, 0.717) is 63.5 Å². The number of fused-ring (bicyclic) bond motifs is 4. The largest absolute Gasteiger partial charge is 0.492 e. The number of ether oxygens (including phenoxy) is 2. The molecule has 4 aromatic rings. The van der Waals surface area contributed by atoms with Crippen LogP contribution in [-0.4, -0.2) is 130 Å². The fraction of sp³-hybridized carbons (Fsp3) is 0.417. The van der Waals surface area contributed by atoms with Gasteiger partial charge >= 0.3 is 12.4 Å². The molecule has 70 heavy (non-hydrogen) atoms. The minimum atomic E-state index is -5.97. The molecule has 4 aromatic carbocycles. The normalized spacial score (nSPS) is 22.7. The number of amides is 4. The Hall–Kier alpha value is -5.64.